The summed E-state index contributed by atoms with van der Waals surface area (Å²) in [6.45, 7) is 3.80. The summed E-state index contributed by atoms with van der Waals surface area (Å²) < 4.78 is 5.91. The van der Waals surface area contributed by atoms with Crippen molar-refractivity contribution in [2.75, 3.05) is 5.32 Å². The summed E-state index contributed by atoms with van der Waals surface area (Å²) in [5.74, 6) is 0.664. The quantitative estimate of drug-likeness (QED) is 0.569. The second-order valence-electron chi connectivity index (χ2n) is 7.35. The highest BCUT2D eigenvalue weighted by molar-refractivity contribution is 5.98. The molecular weight excluding hydrogens is 376 g/mol. The number of anilines is 1. The van der Waals surface area contributed by atoms with Crippen LogP contribution in [0.4, 0.5) is 5.69 Å². The molecule has 3 aromatic carbocycles. The fourth-order valence-electron chi connectivity index (χ4n) is 3.03. The minimum absolute atomic E-state index is 0.0769. The topological polar surface area (TPSA) is 67.4 Å². The van der Waals surface area contributed by atoms with Crippen molar-refractivity contribution in [3.05, 3.63) is 90.5 Å². The van der Waals surface area contributed by atoms with E-state index in [-0.39, 0.29) is 24.2 Å². The van der Waals surface area contributed by atoms with Crippen LogP contribution in [0.2, 0.25) is 0 Å². The lowest BCUT2D eigenvalue weighted by molar-refractivity contribution is -0.127. The van der Waals surface area contributed by atoms with Crippen molar-refractivity contribution < 1.29 is 14.3 Å². The number of carbonyl (C=O) groups is 2. The Morgan fingerprint density at radius 3 is 2.10 bits per heavy atom. The Kier molecular flexibility index (Phi) is 7.22. The number of ether oxygens (including phenoxy) is 1. The summed E-state index contributed by atoms with van der Waals surface area (Å²) in [5.41, 5.74) is 1.45. The molecule has 0 aliphatic rings. The zero-order chi connectivity index (χ0) is 21.3. The van der Waals surface area contributed by atoms with Crippen molar-refractivity contribution in [2.45, 2.75) is 26.3 Å². The van der Waals surface area contributed by atoms with Gasteiger partial charge in [-0.2, -0.15) is 0 Å². The molecule has 1 atom stereocenters. The van der Waals surface area contributed by atoms with Crippen LogP contribution < -0.4 is 15.4 Å². The molecule has 0 bridgehead atoms. The van der Waals surface area contributed by atoms with E-state index in [0.29, 0.717) is 17.2 Å². The van der Waals surface area contributed by atoms with E-state index in [9.17, 15) is 9.59 Å². The molecule has 0 aliphatic heterocycles. The van der Waals surface area contributed by atoms with Crippen LogP contribution in [0, 0.1) is 5.92 Å². The second-order valence-corrected chi connectivity index (χ2v) is 7.35. The predicted octanol–water partition coefficient (Wildman–Crippen LogP) is 4.80. The molecule has 5 nitrogen and oxygen atoms in total. The Bertz CT molecular complexity index is 972. The molecule has 0 aliphatic carbocycles. The molecule has 0 spiro atoms. The number of rotatable bonds is 8. The van der Waals surface area contributed by atoms with Crippen LogP contribution in [0.25, 0.3) is 0 Å². The van der Waals surface area contributed by atoms with E-state index in [2.05, 4.69) is 10.6 Å². The van der Waals surface area contributed by atoms with Crippen molar-refractivity contribution in [1.82, 2.24) is 5.32 Å². The van der Waals surface area contributed by atoms with E-state index >= 15 is 0 Å². The Morgan fingerprint density at radius 1 is 0.833 bits per heavy atom. The lowest BCUT2D eigenvalue weighted by atomic mass is 10.0. The molecule has 0 saturated carbocycles. The first-order chi connectivity index (χ1) is 14.5. The van der Waals surface area contributed by atoms with Gasteiger partial charge in [0.15, 0.2) is 5.75 Å². The summed E-state index contributed by atoms with van der Waals surface area (Å²) in [5, 5.41) is 5.77. The maximum atomic E-state index is 13.0. The Balaban J connectivity index is 1.69. The first-order valence-corrected chi connectivity index (χ1v) is 9.99. The van der Waals surface area contributed by atoms with Crippen molar-refractivity contribution in [2.24, 2.45) is 5.92 Å². The molecule has 2 N–H and O–H groups in total. The van der Waals surface area contributed by atoms with Crippen molar-refractivity contribution >= 4 is 17.5 Å². The Labute approximate surface area is 177 Å². The van der Waals surface area contributed by atoms with Gasteiger partial charge in [-0.15, -0.1) is 0 Å². The predicted molar refractivity (Wildman–Crippen MR) is 119 cm³/mol. The van der Waals surface area contributed by atoms with Gasteiger partial charge in [0.2, 0.25) is 11.8 Å². The third-order valence-corrected chi connectivity index (χ3v) is 4.59. The van der Waals surface area contributed by atoms with E-state index in [0.717, 1.165) is 5.56 Å². The molecule has 0 aromatic heterocycles. The number of carbonyl (C=O) groups excluding carboxylic acids is 2. The van der Waals surface area contributed by atoms with Gasteiger partial charge in [-0.1, -0.05) is 74.5 Å². The molecule has 0 radical (unpaired) electrons. The third-order valence-electron chi connectivity index (χ3n) is 4.59. The van der Waals surface area contributed by atoms with Crippen molar-refractivity contribution in [1.29, 1.82) is 0 Å². The molecule has 3 rings (SSSR count). The van der Waals surface area contributed by atoms with Crippen molar-refractivity contribution in [3.8, 4) is 11.5 Å². The molecule has 0 unspecified atom stereocenters. The monoisotopic (exact) mass is 402 g/mol. The maximum Gasteiger partial charge on any atom is 0.247 e. The fourth-order valence-corrected chi connectivity index (χ4v) is 3.03. The highest BCUT2D eigenvalue weighted by atomic mass is 16.5. The third kappa shape index (κ3) is 5.95. The van der Waals surface area contributed by atoms with Gasteiger partial charge in [-0.3, -0.25) is 9.59 Å². The van der Waals surface area contributed by atoms with Crippen LogP contribution in [0.15, 0.2) is 84.9 Å². The molecule has 2 amide bonds. The van der Waals surface area contributed by atoms with Gasteiger partial charge in [0.1, 0.15) is 11.8 Å². The number of amides is 2. The summed E-state index contributed by atoms with van der Waals surface area (Å²) in [4.78, 5) is 25.4. The molecule has 0 fully saturated rings. The van der Waals surface area contributed by atoms with Gasteiger partial charge < -0.3 is 15.4 Å². The maximum absolute atomic E-state index is 13.0. The first-order valence-electron chi connectivity index (χ1n) is 9.99. The van der Waals surface area contributed by atoms with E-state index in [4.69, 9.17) is 4.74 Å². The second kappa shape index (κ2) is 10.3. The Morgan fingerprint density at radius 2 is 1.43 bits per heavy atom. The van der Waals surface area contributed by atoms with E-state index in [1.165, 1.54) is 0 Å². The van der Waals surface area contributed by atoms with E-state index < -0.39 is 6.04 Å². The summed E-state index contributed by atoms with van der Waals surface area (Å²) >= 11 is 0. The standard InChI is InChI=1S/C25H26N2O3/c1-18(2)24(27-23(28)17-19-11-5-3-6-12-19)25(29)26-21-15-9-10-16-22(21)30-20-13-7-4-8-14-20/h3-16,18,24H,17H2,1-2H3,(H,26,29)(H,27,28)/t24-/m1/s1. The van der Waals surface area contributed by atoms with Crippen LogP contribution in [0.1, 0.15) is 19.4 Å². The molecule has 154 valence electrons. The highest BCUT2D eigenvalue weighted by Crippen LogP contribution is 2.29. The molecule has 30 heavy (non-hydrogen) atoms. The average Bonchev–Trinajstić information content (AvgIpc) is 2.74. The van der Waals surface area contributed by atoms with E-state index in [1.807, 2.05) is 86.6 Å². The van der Waals surface area contributed by atoms with Crippen LogP contribution in [0.5, 0.6) is 11.5 Å². The van der Waals surface area contributed by atoms with Gasteiger partial charge in [-0.05, 0) is 35.7 Å². The van der Waals surface area contributed by atoms with Crippen LogP contribution in [-0.4, -0.2) is 17.9 Å². The van der Waals surface area contributed by atoms with E-state index in [1.54, 1.807) is 12.1 Å². The van der Waals surface area contributed by atoms with Gasteiger partial charge in [0.25, 0.3) is 0 Å². The zero-order valence-corrected chi connectivity index (χ0v) is 17.2. The Hall–Kier alpha value is -3.60. The normalized spacial score (nSPS) is 11.6. The molecule has 0 saturated heterocycles. The van der Waals surface area contributed by atoms with Crippen LogP contribution in [-0.2, 0) is 16.0 Å². The highest BCUT2D eigenvalue weighted by Gasteiger charge is 2.25. The van der Waals surface area contributed by atoms with Crippen LogP contribution in [0.3, 0.4) is 0 Å². The van der Waals surface area contributed by atoms with Gasteiger partial charge in [0, 0.05) is 0 Å². The SMILES string of the molecule is CC(C)[C@@H](NC(=O)Cc1ccccc1)C(=O)Nc1ccccc1Oc1ccccc1. The zero-order valence-electron chi connectivity index (χ0n) is 17.2. The summed E-state index contributed by atoms with van der Waals surface area (Å²) in [6.07, 6.45) is 0.227. The van der Waals surface area contributed by atoms with Gasteiger partial charge >= 0.3 is 0 Å². The van der Waals surface area contributed by atoms with Crippen molar-refractivity contribution in [3.63, 3.8) is 0 Å². The molecule has 3 aromatic rings. The summed E-state index contributed by atoms with van der Waals surface area (Å²) in [7, 11) is 0. The lowest BCUT2D eigenvalue weighted by Gasteiger charge is -2.22. The number of hydrogen-bond acceptors (Lipinski definition) is 3. The average molecular weight is 402 g/mol. The van der Waals surface area contributed by atoms with Gasteiger partial charge in [0.05, 0.1) is 12.1 Å². The fraction of sp³-hybridized carbons (Fsp3) is 0.200. The molecule has 5 heteroatoms. The largest absolute Gasteiger partial charge is 0.455 e. The molecular formula is C25H26N2O3. The number of benzene rings is 3. The number of hydrogen-bond donors (Lipinski definition) is 2. The minimum atomic E-state index is -0.661. The van der Waals surface area contributed by atoms with Gasteiger partial charge in [-0.25, -0.2) is 0 Å². The summed E-state index contributed by atoms with van der Waals surface area (Å²) in [6, 6.07) is 25.4. The minimum Gasteiger partial charge on any atom is -0.455 e. The number of nitrogens with one attached hydrogen (secondary N) is 2. The van der Waals surface area contributed by atoms with Crippen LogP contribution >= 0.6 is 0 Å². The lowest BCUT2D eigenvalue weighted by Crippen LogP contribution is -2.47. The first kappa shape index (κ1) is 21.1. The smallest absolute Gasteiger partial charge is 0.247 e. The molecule has 0 heterocycles. The number of para-hydroxylation sites is 3.